The molecule has 0 saturated heterocycles. The smallest absolute Gasteiger partial charge is 0.396 e. The van der Waals surface area contributed by atoms with E-state index in [1.807, 2.05) is 0 Å². The van der Waals surface area contributed by atoms with Crippen LogP contribution in [-0.2, 0) is 23.8 Å². The van der Waals surface area contributed by atoms with E-state index in [2.05, 4.69) is 15.5 Å². The van der Waals surface area contributed by atoms with Crippen LogP contribution >= 0.6 is 0 Å². The minimum Gasteiger partial charge on any atom is -0.396 e. The van der Waals surface area contributed by atoms with Crippen molar-refractivity contribution in [3.05, 3.63) is 17.0 Å². The third kappa shape index (κ3) is 3.58. The number of fused-ring (bicyclic) bond motifs is 1. The van der Waals surface area contributed by atoms with Crippen molar-refractivity contribution in [2.75, 3.05) is 6.61 Å². The van der Waals surface area contributed by atoms with Gasteiger partial charge in [-0.25, -0.2) is 0 Å². The zero-order valence-corrected chi connectivity index (χ0v) is 13.3. The van der Waals surface area contributed by atoms with Crippen LogP contribution in [0, 0.1) is 11.8 Å². The Kier molecular flexibility index (Phi) is 4.85. The Bertz CT molecular complexity index is 592. The molecule has 3 rings (SSSR count). The zero-order valence-electron chi connectivity index (χ0n) is 13.3. The summed E-state index contributed by atoms with van der Waals surface area (Å²) in [6.07, 6.45) is -0.100. The van der Waals surface area contributed by atoms with Gasteiger partial charge in [0.1, 0.15) is 0 Å². The molecule has 5 nitrogen and oxygen atoms in total. The van der Waals surface area contributed by atoms with E-state index >= 15 is 0 Å². The first kappa shape index (κ1) is 17.3. The largest absolute Gasteiger partial charge is 0.435 e. The molecule has 0 aliphatic heterocycles. The van der Waals surface area contributed by atoms with Crippen molar-refractivity contribution in [1.29, 1.82) is 0 Å². The molecule has 1 unspecified atom stereocenters. The quantitative estimate of drug-likeness (QED) is 0.786. The summed E-state index contributed by atoms with van der Waals surface area (Å²) in [6.45, 7) is 0.173. The summed E-state index contributed by atoms with van der Waals surface area (Å²) in [4.78, 5) is 12.4. The van der Waals surface area contributed by atoms with E-state index in [9.17, 15) is 18.0 Å². The predicted octanol–water partition coefficient (Wildman–Crippen LogP) is 2.20. The highest BCUT2D eigenvalue weighted by atomic mass is 19.4. The highest BCUT2D eigenvalue weighted by Gasteiger charge is 2.40. The molecular weight excluding hydrogens is 323 g/mol. The van der Waals surface area contributed by atoms with E-state index in [-0.39, 0.29) is 30.5 Å². The van der Waals surface area contributed by atoms with Gasteiger partial charge in [0.15, 0.2) is 5.69 Å². The number of carbonyl (C=O) groups is 1. The number of aromatic amines is 1. The van der Waals surface area contributed by atoms with E-state index < -0.39 is 17.8 Å². The number of nitrogens with one attached hydrogen (secondary N) is 2. The minimum atomic E-state index is -4.49. The van der Waals surface area contributed by atoms with Gasteiger partial charge in [0.2, 0.25) is 5.91 Å². The number of rotatable bonds is 3. The Morgan fingerprint density at radius 1 is 1.25 bits per heavy atom. The van der Waals surface area contributed by atoms with Gasteiger partial charge < -0.3 is 10.4 Å². The lowest BCUT2D eigenvalue weighted by Crippen LogP contribution is -2.42. The highest BCUT2D eigenvalue weighted by molar-refractivity contribution is 5.79. The van der Waals surface area contributed by atoms with Crippen molar-refractivity contribution in [3.63, 3.8) is 0 Å². The van der Waals surface area contributed by atoms with Gasteiger partial charge in [-0.2, -0.15) is 18.3 Å². The number of alkyl halides is 3. The number of aliphatic hydroxyl groups excluding tert-OH is 1. The summed E-state index contributed by atoms with van der Waals surface area (Å²) in [6, 6.07) is 0.0631. The van der Waals surface area contributed by atoms with Gasteiger partial charge in [-0.15, -0.1) is 0 Å². The van der Waals surface area contributed by atoms with Crippen molar-refractivity contribution in [2.24, 2.45) is 11.8 Å². The number of halogens is 3. The zero-order chi connectivity index (χ0) is 17.3. The van der Waals surface area contributed by atoms with Gasteiger partial charge in [0, 0.05) is 29.8 Å². The summed E-state index contributed by atoms with van der Waals surface area (Å²) in [7, 11) is 0. The van der Waals surface area contributed by atoms with Gasteiger partial charge in [0.25, 0.3) is 0 Å². The molecule has 134 valence electrons. The molecular formula is C16H22F3N3O2. The number of hydrogen-bond acceptors (Lipinski definition) is 3. The van der Waals surface area contributed by atoms with Crippen molar-refractivity contribution in [2.45, 2.75) is 57.2 Å². The van der Waals surface area contributed by atoms with Crippen LogP contribution in [0.2, 0.25) is 0 Å². The summed E-state index contributed by atoms with van der Waals surface area (Å²) in [5, 5.41) is 18.0. The monoisotopic (exact) mass is 345 g/mol. The number of amides is 1. The van der Waals surface area contributed by atoms with E-state index in [1.54, 1.807) is 0 Å². The fraction of sp³-hybridized carbons (Fsp3) is 0.750. The number of H-pyrrole nitrogens is 1. The molecule has 2 aliphatic rings. The van der Waals surface area contributed by atoms with Crippen LogP contribution in [0.1, 0.15) is 49.1 Å². The molecule has 24 heavy (non-hydrogen) atoms. The van der Waals surface area contributed by atoms with Gasteiger partial charge in [0.05, 0.1) is 0 Å². The topological polar surface area (TPSA) is 78.0 Å². The molecule has 2 aliphatic carbocycles. The van der Waals surface area contributed by atoms with E-state index in [1.165, 1.54) is 0 Å². The molecule has 1 fully saturated rings. The number of aromatic nitrogens is 2. The predicted molar refractivity (Wildman–Crippen MR) is 80.1 cm³/mol. The molecule has 0 radical (unpaired) electrons. The third-order valence-electron chi connectivity index (χ3n) is 5.24. The van der Waals surface area contributed by atoms with Crippen LogP contribution < -0.4 is 5.32 Å². The summed E-state index contributed by atoms with van der Waals surface area (Å²) >= 11 is 0. The maximum Gasteiger partial charge on any atom is 0.435 e. The molecule has 1 atom stereocenters. The second-order valence-corrected chi connectivity index (χ2v) is 6.88. The van der Waals surface area contributed by atoms with Crippen LogP contribution in [0.3, 0.4) is 0 Å². The van der Waals surface area contributed by atoms with Crippen molar-refractivity contribution >= 4 is 5.91 Å². The molecule has 1 amide bonds. The molecule has 0 bridgehead atoms. The molecule has 1 aromatic heterocycles. The lowest BCUT2D eigenvalue weighted by atomic mass is 9.84. The fourth-order valence-corrected chi connectivity index (χ4v) is 3.76. The Morgan fingerprint density at radius 3 is 2.58 bits per heavy atom. The Labute approximate surface area is 138 Å². The standard InChI is InChI=1S/C16H22F3N3O2/c17-16(18,19)14-12-7-10(3-6-13(12)21-22-14)15(24)20-11-4-1-9(8-23)2-5-11/h9-11,23H,1-8H2,(H,20,24)(H,21,22). The van der Waals surface area contributed by atoms with E-state index in [0.29, 0.717) is 24.5 Å². The van der Waals surface area contributed by atoms with Crippen LogP contribution in [0.15, 0.2) is 0 Å². The van der Waals surface area contributed by atoms with Crippen LogP contribution in [0.5, 0.6) is 0 Å². The number of aliphatic hydroxyl groups is 1. The SMILES string of the molecule is O=C(NC1CCC(CO)CC1)C1CCc2[nH]nc(C(F)(F)F)c2C1. The molecule has 0 spiro atoms. The first-order chi connectivity index (χ1) is 11.4. The molecule has 8 heteroatoms. The summed E-state index contributed by atoms with van der Waals surface area (Å²) in [5.74, 6) is -0.301. The number of carbonyl (C=O) groups excluding carboxylic acids is 1. The molecule has 1 heterocycles. The average Bonchev–Trinajstić information content (AvgIpc) is 2.98. The lowest BCUT2D eigenvalue weighted by Gasteiger charge is -2.30. The highest BCUT2D eigenvalue weighted by Crippen LogP contribution is 2.36. The Balaban J connectivity index is 1.61. The normalized spacial score (nSPS) is 27.6. The van der Waals surface area contributed by atoms with Crippen molar-refractivity contribution in [3.8, 4) is 0 Å². The molecule has 0 aromatic carbocycles. The summed E-state index contributed by atoms with van der Waals surface area (Å²) < 4.78 is 38.9. The Hall–Kier alpha value is -1.57. The number of hydrogen-bond donors (Lipinski definition) is 3. The molecule has 1 saturated carbocycles. The summed E-state index contributed by atoms with van der Waals surface area (Å²) in [5.41, 5.74) is -0.258. The van der Waals surface area contributed by atoms with Crippen LogP contribution in [0.25, 0.3) is 0 Å². The second-order valence-electron chi connectivity index (χ2n) is 6.88. The molecule has 3 N–H and O–H groups in total. The second kappa shape index (κ2) is 6.74. The Morgan fingerprint density at radius 2 is 1.96 bits per heavy atom. The van der Waals surface area contributed by atoms with Gasteiger partial charge >= 0.3 is 6.18 Å². The lowest BCUT2D eigenvalue weighted by molar-refractivity contribution is -0.142. The maximum atomic E-state index is 13.0. The van der Waals surface area contributed by atoms with Crippen LogP contribution in [0.4, 0.5) is 13.2 Å². The third-order valence-corrected chi connectivity index (χ3v) is 5.24. The average molecular weight is 345 g/mol. The molecule has 1 aromatic rings. The van der Waals surface area contributed by atoms with Crippen LogP contribution in [-0.4, -0.2) is 33.9 Å². The van der Waals surface area contributed by atoms with Crippen molar-refractivity contribution < 1.29 is 23.1 Å². The fourth-order valence-electron chi connectivity index (χ4n) is 3.76. The van der Waals surface area contributed by atoms with E-state index in [0.717, 1.165) is 25.7 Å². The number of aryl methyl sites for hydroxylation is 1. The van der Waals surface area contributed by atoms with Crippen molar-refractivity contribution in [1.82, 2.24) is 15.5 Å². The first-order valence-electron chi connectivity index (χ1n) is 8.43. The number of nitrogens with zero attached hydrogens (tertiary/aromatic N) is 1. The maximum absolute atomic E-state index is 13.0. The first-order valence-corrected chi connectivity index (χ1v) is 8.43. The van der Waals surface area contributed by atoms with Gasteiger partial charge in [-0.1, -0.05) is 0 Å². The van der Waals surface area contributed by atoms with Gasteiger partial charge in [-0.05, 0) is 50.9 Å². The minimum absolute atomic E-state index is 0.0631. The van der Waals surface area contributed by atoms with Gasteiger partial charge in [-0.3, -0.25) is 9.89 Å². The van der Waals surface area contributed by atoms with E-state index in [4.69, 9.17) is 5.11 Å².